The molecule has 0 unspecified atom stereocenters. The largest absolute Gasteiger partial charge is 0.475 e. The Bertz CT molecular complexity index is 598. The Hall–Kier alpha value is -1.90. The highest BCUT2D eigenvalue weighted by Crippen LogP contribution is 2.21. The summed E-state index contributed by atoms with van der Waals surface area (Å²) in [7, 11) is -1.51. The highest BCUT2D eigenvalue weighted by atomic mass is 16.4. The molecule has 24 heavy (non-hydrogen) atoms. The van der Waals surface area contributed by atoms with Crippen LogP contribution < -0.4 is 10.6 Å². The number of hydrogen-bond acceptors (Lipinski definition) is 5. The third-order valence-corrected chi connectivity index (χ3v) is 4.73. The lowest BCUT2D eigenvalue weighted by Crippen LogP contribution is -2.51. The zero-order valence-corrected chi connectivity index (χ0v) is 13.4. The van der Waals surface area contributed by atoms with Crippen molar-refractivity contribution in [3.8, 4) is 0 Å². The predicted molar refractivity (Wildman–Crippen MR) is 89.0 cm³/mol. The zero-order chi connectivity index (χ0) is 17.1. The molecule has 2 aliphatic rings. The van der Waals surface area contributed by atoms with Gasteiger partial charge in [0.15, 0.2) is 0 Å². The average molecular weight is 331 g/mol. The fourth-order valence-corrected chi connectivity index (χ4v) is 3.47. The molecule has 0 saturated carbocycles. The van der Waals surface area contributed by atoms with Crippen LogP contribution in [0.15, 0.2) is 30.3 Å². The standard InChI is InChI=1S/C16H22BN3O4/c21-15(11-5-2-1-3-6-11)19-12-9-13(18-10-12)16(22)20-8-4-7-14(20)17(23)24/h1-3,5-6,12-14,18,23-24H,4,7-10H2,(H,19,21)/t12-,13+,14+/m1/s1. The zero-order valence-electron chi connectivity index (χ0n) is 13.4. The first-order valence-electron chi connectivity index (χ1n) is 8.32. The van der Waals surface area contributed by atoms with Gasteiger partial charge in [-0.3, -0.25) is 9.59 Å². The first-order valence-corrected chi connectivity index (χ1v) is 8.32. The molecule has 3 atom stereocenters. The molecule has 7 nitrogen and oxygen atoms in total. The number of likely N-dealkylation sites (tertiary alicyclic amines) is 1. The second kappa shape index (κ2) is 7.33. The van der Waals surface area contributed by atoms with E-state index in [1.54, 1.807) is 17.0 Å². The van der Waals surface area contributed by atoms with E-state index in [0.29, 0.717) is 31.5 Å². The molecule has 2 saturated heterocycles. The van der Waals surface area contributed by atoms with Crippen molar-refractivity contribution in [2.45, 2.75) is 37.3 Å². The predicted octanol–water partition coefficient (Wildman–Crippen LogP) is -0.850. The van der Waals surface area contributed by atoms with Gasteiger partial charge in [0.1, 0.15) is 0 Å². The van der Waals surface area contributed by atoms with Gasteiger partial charge in [-0.15, -0.1) is 0 Å². The number of nitrogens with one attached hydrogen (secondary N) is 2. The van der Waals surface area contributed by atoms with Crippen molar-refractivity contribution in [2.24, 2.45) is 0 Å². The van der Waals surface area contributed by atoms with Gasteiger partial charge in [-0.05, 0) is 31.4 Å². The van der Waals surface area contributed by atoms with Crippen molar-refractivity contribution in [3.05, 3.63) is 35.9 Å². The SMILES string of the molecule is O=C(N[C@H]1CN[C@H](C(=O)N2CCC[C@H]2B(O)O)C1)c1ccccc1. The molecular formula is C16H22BN3O4. The molecule has 0 radical (unpaired) electrons. The number of hydrogen-bond donors (Lipinski definition) is 4. The molecule has 1 aromatic rings. The van der Waals surface area contributed by atoms with Crippen molar-refractivity contribution in [2.75, 3.05) is 13.1 Å². The molecule has 2 amide bonds. The number of benzene rings is 1. The summed E-state index contributed by atoms with van der Waals surface area (Å²) in [5.41, 5.74) is 0.593. The van der Waals surface area contributed by atoms with Crippen LogP contribution in [0.5, 0.6) is 0 Å². The van der Waals surface area contributed by atoms with E-state index in [0.717, 1.165) is 6.42 Å². The third kappa shape index (κ3) is 3.61. The van der Waals surface area contributed by atoms with Crippen molar-refractivity contribution >= 4 is 18.9 Å². The minimum absolute atomic E-state index is 0.119. The highest BCUT2D eigenvalue weighted by molar-refractivity contribution is 6.43. The fraction of sp³-hybridized carbons (Fsp3) is 0.500. The summed E-state index contributed by atoms with van der Waals surface area (Å²) in [6.07, 6.45) is 1.88. The Labute approximate surface area is 141 Å². The third-order valence-electron chi connectivity index (χ3n) is 4.73. The molecule has 2 heterocycles. The Morgan fingerprint density at radius 2 is 2.00 bits per heavy atom. The molecule has 0 aliphatic carbocycles. The molecule has 4 N–H and O–H groups in total. The van der Waals surface area contributed by atoms with Gasteiger partial charge in [0.05, 0.1) is 12.0 Å². The molecule has 3 rings (SSSR count). The maximum atomic E-state index is 12.6. The van der Waals surface area contributed by atoms with Crippen LogP contribution in [0.1, 0.15) is 29.6 Å². The summed E-state index contributed by atoms with van der Waals surface area (Å²) in [4.78, 5) is 26.3. The van der Waals surface area contributed by atoms with Crippen LogP contribution in [0.2, 0.25) is 0 Å². The van der Waals surface area contributed by atoms with Gasteiger partial charge in [-0.2, -0.15) is 0 Å². The molecule has 2 fully saturated rings. The first-order chi connectivity index (χ1) is 11.6. The van der Waals surface area contributed by atoms with E-state index in [1.165, 1.54) is 0 Å². The maximum Gasteiger partial charge on any atom is 0.475 e. The second-order valence-electron chi connectivity index (χ2n) is 6.39. The van der Waals surface area contributed by atoms with Gasteiger partial charge in [-0.25, -0.2) is 0 Å². The molecule has 0 spiro atoms. The van der Waals surface area contributed by atoms with Crippen LogP contribution in [0, 0.1) is 0 Å². The van der Waals surface area contributed by atoms with Crippen LogP contribution in [-0.2, 0) is 4.79 Å². The van der Waals surface area contributed by atoms with E-state index in [4.69, 9.17) is 0 Å². The quantitative estimate of drug-likeness (QED) is 0.539. The van der Waals surface area contributed by atoms with Gasteiger partial charge in [-0.1, -0.05) is 18.2 Å². The van der Waals surface area contributed by atoms with Crippen molar-refractivity contribution in [1.82, 2.24) is 15.5 Å². The van der Waals surface area contributed by atoms with Gasteiger partial charge in [0, 0.05) is 24.7 Å². The second-order valence-corrected chi connectivity index (χ2v) is 6.39. The minimum atomic E-state index is -1.51. The molecule has 0 aromatic heterocycles. The Morgan fingerprint density at radius 1 is 1.25 bits per heavy atom. The van der Waals surface area contributed by atoms with Crippen LogP contribution in [0.3, 0.4) is 0 Å². The highest BCUT2D eigenvalue weighted by Gasteiger charge is 2.41. The van der Waals surface area contributed by atoms with E-state index in [9.17, 15) is 19.6 Å². The Morgan fingerprint density at radius 3 is 2.71 bits per heavy atom. The summed E-state index contributed by atoms with van der Waals surface area (Å²) in [6, 6.07) is 8.45. The Balaban J connectivity index is 1.55. The van der Waals surface area contributed by atoms with E-state index < -0.39 is 19.1 Å². The summed E-state index contributed by atoms with van der Waals surface area (Å²) in [6.45, 7) is 1.06. The first kappa shape index (κ1) is 16.9. The smallest absolute Gasteiger partial charge is 0.426 e. The van der Waals surface area contributed by atoms with Crippen LogP contribution >= 0.6 is 0 Å². The summed E-state index contributed by atoms with van der Waals surface area (Å²) < 4.78 is 0. The molecule has 2 aliphatic heterocycles. The van der Waals surface area contributed by atoms with Gasteiger partial charge < -0.3 is 25.6 Å². The lowest BCUT2D eigenvalue weighted by Gasteiger charge is -2.26. The molecule has 0 bridgehead atoms. The normalized spacial score (nSPS) is 26.4. The number of amides is 2. The summed E-state index contributed by atoms with van der Waals surface area (Å²) >= 11 is 0. The van der Waals surface area contributed by atoms with E-state index in [-0.39, 0.29) is 17.9 Å². The fourth-order valence-electron chi connectivity index (χ4n) is 3.47. The molecule has 1 aromatic carbocycles. The van der Waals surface area contributed by atoms with Crippen LogP contribution in [-0.4, -0.2) is 65.0 Å². The van der Waals surface area contributed by atoms with Crippen molar-refractivity contribution < 1.29 is 19.6 Å². The minimum Gasteiger partial charge on any atom is -0.426 e. The van der Waals surface area contributed by atoms with E-state index >= 15 is 0 Å². The average Bonchev–Trinajstić information content (AvgIpc) is 3.24. The molecule has 128 valence electrons. The van der Waals surface area contributed by atoms with Crippen molar-refractivity contribution in [1.29, 1.82) is 0 Å². The van der Waals surface area contributed by atoms with Gasteiger partial charge in [0.25, 0.3) is 5.91 Å². The molecule has 8 heteroatoms. The van der Waals surface area contributed by atoms with Crippen molar-refractivity contribution in [3.63, 3.8) is 0 Å². The van der Waals surface area contributed by atoms with Gasteiger partial charge >= 0.3 is 7.12 Å². The number of nitrogens with zero attached hydrogens (tertiary/aromatic N) is 1. The Kier molecular flexibility index (Phi) is 5.18. The maximum absolute atomic E-state index is 12.6. The van der Waals surface area contributed by atoms with E-state index in [1.807, 2.05) is 18.2 Å². The number of carbonyl (C=O) groups is 2. The summed E-state index contributed by atoms with van der Waals surface area (Å²) in [5, 5.41) is 24.9. The lowest BCUT2D eigenvalue weighted by molar-refractivity contribution is -0.133. The van der Waals surface area contributed by atoms with E-state index in [2.05, 4.69) is 10.6 Å². The summed E-state index contributed by atoms with van der Waals surface area (Å²) in [5.74, 6) is -0.806. The van der Waals surface area contributed by atoms with Crippen LogP contribution in [0.4, 0.5) is 0 Å². The van der Waals surface area contributed by atoms with Gasteiger partial charge in [0.2, 0.25) is 5.91 Å². The topological polar surface area (TPSA) is 102 Å². The monoisotopic (exact) mass is 331 g/mol. The number of carbonyl (C=O) groups excluding carboxylic acids is 2. The van der Waals surface area contributed by atoms with Crippen LogP contribution in [0.25, 0.3) is 0 Å². The lowest BCUT2D eigenvalue weighted by atomic mass is 9.77. The number of rotatable bonds is 4. The molecular weight excluding hydrogens is 309 g/mol.